The maximum absolute atomic E-state index is 12.1. The smallest absolute Gasteiger partial charge is 0.251 e. The molecule has 2 aromatic rings. The quantitative estimate of drug-likeness (QED) is 0.776. The van der Waals surface area contributed by atoms with Gasteiger partial charge in [0.1, 0.15) is 6.10 Å². The summed E-state index contributed by atoms with van der Waals surface area (Å²) in [7, 11) is 3.35. The fraction of sp³-hybridized carbons (Fsp3) is 0.235. The highest BCUT2D eigenvalue weighted by Crippen LogP contribution is 2.15. The molecule has 2 rings (SSSR count). The molecule has 126 valence electrons. The van der Waals surface area contributed by atoms with Crippen molar-refractivity contribution in [2.24, 2.45) is 7.05 Å². The van der Waals surface area contributed by atoms with Crippen LogP contribution in [0, 0.1) is 0 Å². The number of rotatable bonds is 6. The van der Waals surface area contributed by atoms with Crippen LogP contribution in [-0.2, 0) is 11.8 Å². The van der Waals surface area contributed by atoms with Crippen molar-refractivity contribution in [2.75, 3.05) is 18.5 Å². The topological polar surface area (TPSA) is 87.5 Å². The molecule has 0 fully saturated rings. The molecule has 1 aromatic heterocycles. The Kier molecular flexibility index (Phi) is 5.49. The summed E-state index contributed by atoms with van der Waals surface area (Å²) < 4.78 is 1.55. The lowest BCUT2D eigenvalue weighted by Gasteiger charge is -2.16. The highest BCUT2D eigenvalue weighted by atomic mass is 16.3. The molecule has 7 nitrogen and oxygen atoms in total. The van der Waals surface area contributed by atoms with Crippen molar-refractivity contribution in [3.05, 3.63) is 60.4 Å². The Hall–Kier alpha value is -2.93. The zero-order valence-electron chi connectivity index (χ0n) is 13.6. The molecule has 0 saturated carbocycles. The van der Waals surface area contributed by atoms with Crippen LogP contribution in [0.1, 0.15) is 22.2 Å². The van der Waals surface area contributed by atoms with E-state index < -0.39 is 6.10 Å². The molecule has 0 radical (unpaired) electrons. The van der Waals surface area contributed by atoms with E-state index in [2.05, 4.69) is 17.0 Å². The number of nitrogens with zero attached hydrogens (tertiary/aromatic N) is 3. The standard InChI is InChI=1S/C17H20N4O3/c1-4-16(23)20(2)13-7-5-12(6-8-13)17(24)18-11-15(22)14-9-10-19-21(14)3/h4-10,15,22H,1,11H2,2-3H3,(H,18,24). The van der Waals surface area contributed by atoms with Crippen LogP contribution in [0.2, 0.25) is 0 Å². The van der Waals surface area contributed by atoms with E-state index in [0.29, 0.717) is 16.9 Å². The highest BCUT2D eigenvalue weighted by Gasteiger charge is 2.14. The van der Waals surface area contributed by atoms with E-state index in [-0.39, 0.29) is 18.4 Å². The van der Waals surface area contributed by atoms with Gasteiger partial charge in [-0.25, -0.2) is 0 Å². The van der Waals surface area contributed by atoms with Crippen molar-refractivity contribution in [3.8, 4) is 0 Å². The second-order valence-electron chi connectivity index (χ2n) is 5.25. The van der Waals surface area contributed by atoms with E-state index in [4.69, 9.17) is 0 Å². The van der Waals surface area contributed by atoms with Crippen LogP contribution >= 0.6 is 0 Å². The van der Waals surface area contributed by atoms with Gasteiger partial charge in [-0.15, -0.1) is 0 Å². The van der Waals surface area contributed by atoms with Crippen LogP contribution in [0.3, 0.4) is 0 Å². The fourth-order valence-corrected chi connectivity index (χ4v) is 2.21. The summed E-state index contributed by atoms with van der Waals surface area (Å²) >= 11 is 0. The maximum Gasteiger partial charge on any atom is 0.251 e. The van der Waals surface area contributed by atoms with Gasteiger partial charge in [-0.3, -0.25) is 14.3 Å². The third-order valence-electron chi connectivity index (χ3n) is 3.68. The molecule has 2 N–H and O–H groups in total. The molecule has 1 unspecified atom stereocenters. The van der Waals surface area contributed by atoms with Crippen LogP contribution in [-0.4, -0.2) is 40.3 Å². The Morgan fingerprint density at radius 2 is 2.04 bits per heavy atom. The van der Waals surface area contributed by atoms with Crippen LogP contribution in [0.25, 0.3) is 0 Å². The normalized spacial score (nSPS) is 11.6. The first-order valence-corrected chi connectivity index (χ1v) is 7.38. The predicted octanol–water partition coefficient (Wildman–Crippen LogP) is 1.03. The third-order valence-corrected chi connectivity index (χ3v) is 3.68. The number of likely N-dealkylation sites (N-methyl/N-ethyl adjacent to an activating group) is 1. The average molecular weight is 328 g/mol. The summed E-state index contributed by atoms with van der Waals surface area (Å²) in [5.41, 5.74) is 1.72. The minimum absolute atomic E-state index is 0.0783. The molecule has 0 bridgehead atoms. The number of nitrogens with one attached hydrogen (secondary N) is 1. The van der Waals surface area contributed by atoms with Crippen LogP contribution < -0.4 is 10.2 Å². The number of aromatic nitrogens is 2. The monoisotopic (exact) mass is 328 g/mol. The van der Waals surface area contributed by atoms with Gasteiger partial charge in [0.05, 0.1) is 5.69 Å². The lowest BCUT2D eigenvalue weighted by atomic mass is 10.1. The second-order valence-corrected chi connectivity index (χ2v) is 5.25. The molecule has 7 heteroatoms. The molecule has 0 aliphatic rings. The molecule has 0 spiro atoms. The molecular weight excluding hydrogens is 308 g/mol. The lowest BCUT2D eigenvalue weighted by molar-refractivity contribution is -0.113. The molecule has 0 aliphatic carbocycles. The summed E-state index contributed by atoms with van der Waals surface area (Å²) in [5.74, 6) is -0.535. The molecule has 1 heterocycles. The summed E-state index contributed by atoms with van der Waals surface area (Å²) in [6.45, 7) is 3.51. The molecular formula is C17H20N4O3. The first kappa shape index (κ1) is 17.4. The van der Waals surface area contributed by atoms with Gasteiger partial charge < -0.3 is 15.3 Å². The first-order chi connectivity index (χ1) is 11.4. The van der Waals surface area contributed by atoms with Gasteiger partial charge in [0.15, 0.2) is 0 Å². The van der Waals surface area contributed by atoms with Crippen molar-refractivity contribution in [1.29, 1.82) is 0 Å². The molecule has 0 saturated heterocycles. The summed E-state index contributed by atoms with van der Waals surface area (Å²) in [5, 5.41) is 16.7. The first-order valence-electron chi connectivity index (χ1n) is 7.38. The van der Waals surface area contributed by atoms with E-state index >= 15 is 0 Å². The van der Waals surface area contributed by atoms with Crippen molar-refractivity contribution < 1.29 is 14.7 Å². The minimum Gasteiger partial charge on any atom is -0.385 e. The number of anilines is 1. The number of aryl methyl sites for hydroxylation is 1. The predicted molar refractivity (Wildman–Crippen MR) is 90.6 cm³/mol. The number of carbonyl (C=O) groups excluding carboxylic acids is 2. The van der Waals surface area contributed by atoms with Gasteiger partial charge in [-0.1, -0.05) is 6.58 Å². The van der Waals surface area contributed by atoms with Gasteiger partial charge in [0.2, 0.25) is 5.91 Å². The molecule has 1 atom stereocenters. The number of carbonyl (C=O) groups is 2. The molecule has 1 aromatic carbocycles. The van der Waals surface area contributed by atoms with Crippen molar-refractivity contribution in [3.63, 3.8) is 0 Å². The van der Waals surface area contributed by atoms with E-state index in [9.17, 15) is 14.7 Å². The minimum atomic E-state index is -0.836. The number of aliphatic hydroxyl groups is 1. The van der Waals surface area contributed by atoms with E-state index in [1.165, 1.54) is 11.0 Å². The van der Waals surface area contributed by atoms with Gasteiger partial charge in [0.25, 0.3) is 5.91 Å². The maximum atomic E-state index is 12.1. The number of aliphatic hydroxyl groups excluding tert-OH is 1. The Labute approximate surface area is 140 Å². The summed E-state index contributed by atoms with van der Waals surface area (Å²) in [6, 6.07) is 8.28. The van der Waals surface area contributed by atoms with Crippen molar-refractivity contribution in [1.82, 2.24) is 15.1 Å². The average Bonchev–Trinajstić information content (AvgIpc) is 3.04. The van der Waals surface area contributed by atoms with Crippen molar-refractivity contribution in [2.45, 2.75) is 6.10 Å². The van der Waals surface area contributed by atoms with Crippen molar-refractivity contribution >= 4 is 17.5 Å². The van der Waals surface area contributed by atoms with E-state index in [1.807, 2.05) is 0 Å². The Morgan fingerprint density at radius 3 is 2.58 bits per heavy atom. The number of hydrogen-bond donors (Lipinski definition) is 2. The number of hydrogen-bond acceptors (Lipinski definition) is 4. The highest BCUT2D eigenvalue weighted by molar-refractivity contribution is 6.01. The molecule has 24 heavy (non-hydrogen) atoms. The molecule has 0 aliphatic heterocycles. The second kappa shape index (κ2) is 7.56. The zero-order valence-corrected chi connectivity index (χ0v) is 13.6. The SMILES string of the molecule is C=CC(=O)N(C)c1ccc(C(=O)NCC(O)c2ccnn2C)cc1. The number of amides is 2. The fourth-order valence-electron chi connectivity index (χ4n) is 2.21. The number of benzene rings is 1. The van der Waals surface area contributed by atoms with Crippen LogP contribution in [0.15, 0.2) is 49.2 Å². The van der Waals surface area contributed by atoms with Gasteiger partial charge in [0, 0.05) is 38.1 Å². The lowest BCUT2D eigenvalue weighted by Crippen LogP contribution is -2.29. The summed E-state index contributed by atoms with van der Waals surface area (Å²) in [4.78, 5) is 25.1. The Morgan fingerprint density at radius 1 is 1.38 bits per heavy atom. The van der Waals surface area contributed by atoms with Gasteiger partial charge >= 0.3 is 0 Å². The molecule has 2 amide bonds. The van der Waals surface area contributed by atoms with E-state index in [0.717, 1.165) is 0 Å². The van der Waals surface area contributed by atoms with Gasteiger partial charge in [-0.05, 0) is 36.4 Å². The van der Waals surface area contributed by atoms with Crippen LogP contribution in [0.4, 0.5) is 5.69 Å². The Bertz CT molecular complexity index is 737. The zero-order chi connectivity index (χ0) is 17.7. The third kappa shape index (κ3) is 3.88. The van der Waals surface area contributed by atoms with Gasteiger partial charge in [-0.2, -0.15) is 5.10 Å². The van der Waals surface area contributed by atoms with Crippen LogP contribution in [0.5, 0.6) is 0 Å². The largest absolute Gasteiger partial charge is 0.385 e. The Balaban J connectivity index is 1.96. The van der Waals surface area contributed by atoms with E-state index in [1.54, 1.807) is 55.3 Å². The summed E-state index contributed by atoms with van der Waals surface area (Å²) in [6.07, 6.45) is 1.97.